The summed E-state index contributed by atoms with van der Waals surface area (Å²) in [6.07, 6.45) is 0. The van der Waals surface area contributed by atoms with Crippen molar-refractivity contribution in [3.63, 3.8) is 0 Å². The molecule has 0 unspecified atom stereocenters. The molecule has 0 aliphatic heterocycles. The van der Waals surface area contributed by atoms with E-state index in [2.05, 4.69) is 10.3 Å². The van der Waals surface area contributed by atoms with E-state index in [4.69, 9.17) is 11.6 Å². The van der Waals surface area contributed by atoms with E-state index in [0.29, 0.717) is 18.1 Å². The van der Waals surface area contributed by atoms with Crippen molar-refractivity contribution in [2.45, 2.75) is 13.1 Å². The van der Waals surface area contributed by atoms with E-state index in [1.807, 2.05) is 48.5 Å². The summed E-state index contributed by atoms with van der Waals surface area (Å²) in [5.74, 6) is 0. The molecule has 0 saturated heterocycles. The standard InChI is InChI=1S/C17H16ClN3OS/c1-21(11-12-6-2-3-7-13(12)18)17(22)19-10-16-20-14-8-4-5-9-15(14)23-16/h2-9H,10-11H2,1H3,(H,19,22). The van der Waals surface area contributed by atoms with Gasteiger partial charge in [0.25, 0.3) is 0 Å². The molecule has 4 nitrogen and oxygen atoms in total. The fourth-order valence-corrected chi connectivity index (χ4v) is 3.34. The van der Waals surface area contributed by atoms with Gasteiger partial charge in [0.05, 0.1) is 16.8 Å². The van der Waals surface area contributed by atoms with Gasteiger partial charge in [0.15, 0.2) is 0 Å². The largest absolute Gasteiger partial charge is 0.331 e. The highest BCUT2D eigenvalue weighted by molar-refractivity contribution is 7.18. The summed E-state index contributed by atoms with van der Waals surface area (Å²) >= 11 is 7.72. The number of urea groups is 1. The summed E-state index contributed by atoms with van der Waals surface area (Å²) in [6.45, 7) is 0.885. The molecule has 118 valence electrons. The van der Waals surface area contributed by atoms with Crippen LogP contribution in [0.1, 0.15) is 10.6 Å². The van der Waals surface area contributed by atoms with Crippen LogP contribution >= 0.6 is 22.9 Å². The molecule has 0 fully saturated rings. The molecule has 3 rings (SSSR count). The van der Waals surface area contributed by atoms with E-state index >= 15 is 0 Å². The van der Waals surface area contributed by atoms with Crippen LogP contribution in [0.15, 0.2) is 48.5 Å². The van der Waals surface area contributed by atoms with E-state index in [1.165, 1.54) is 0 Å². The average Bonchev–Trinajstić information content (AvgIpc) is 2.97. The van der Waals surface area contributed by atoms with Gasteiger partial charge in [-0.3, -0.25) is 0 Å². The number of nitrogens with one attached hydrogen (secondary N) is 1. The molecule has 3 aromatic rings. The molecule has 6 heteroatoms. The first-order valence-electron chi connectivity index (χ1n) is 7.20. The lowest BCUT2D eigenvalue weighted by Crippen LogP contribution is -2.36. The highest BCUT2D eigenvalue weighted by Gasteiger charge is 2.11. The number of aromatic nitrogens is 1. The molecule has 0 aliphatic carbocycles. The van der Waals surface area contributed by atoms with Crippen molar-refractivity contribution >= 4 is 39.2 Å². The number of carbonyl (C=O) groups is 1. The minimum atomic E-state index is -0.149. The van der Waals surface area contributed by atoms with Crippen molar-refractivity contribution in [1.29, 1.82) is 0 Å². The normalized spacial score (nSPS) is 10.7. The van der Waals surface area contributed by atoms with Gasteiger partial charge in [-0.1, -0.05) is 41.9 Å². The Morgan fingerprint density at radius 1 is 1.22 bits per heavy atom. The molecular weight excluding hydrogens is 330 g/mol. The lowest BCUT2D eigenvalue weighted by molar-refractivity contribution is 0.206. The summed E-state index contributed by atoms with van der Waals surface area (Å²) in [5.41, 5.74) is 1.89. The topological polar surface area (TPSA) is 45.2 Å². The maximum Gasteiger partial charge on any atom is 0.317 e. The second-order valence-corrected chi connectivity index (χ2v) is 6.70. The Kier molecular flexibility index (Phi) is 4.79. The molecule has 23 heavy (non-hydrogen) atoms. The molecule has 0 radical (unpaired) electrons. The zero-order valence-corrected chi connectivity index (χ0v) is 14.2. The third kappa shape index (κ3) is 3.81. The third-order valence-corrected chi connectivity index (χ3v) is 4.85. The summed E-state index contributed by atoms with van der Waals surface area (Å²) in [4.78, 5) is 18.3. The van der Waals surface area contributed by atoms with Crippen LogP contribution in [0.2, 0.25) is 5.02 Å². The predicted molar refractivity (Wildman–Crippen MR) is 94.8 cm³/mol. The van der Waals surface area contributed by atoms with Crippen molar-refractivity contribution in [3.05, 3.63) is 64.1 Å². The molecular formula is C17H16ClN3OS. The van der Waals surface area contributed by atoms with E-state index in [-0.39, 0.29) is 6.03 Å². The fraction of sp³-hybridized carbons (Fsp3) is 0.176. The Morgan fingerprint density at radius 2 is 1.96 bits per heavy atom. The van der Waals surface area contributed by atoms with Gasteiger partial charge in [-0.25, -0.2) is 9.78 Å². The predicted octanol–water partition coefficient (Wildman–Crippen LogP) is 4.29. The first kappa shape index (κ1) is 15.8. The van der Waals surface area contributed by atoms with E-state index in [9.17, 15) is 4.79 Å². The van der Waals surface area contributed by atoms with Gasteiger partial charge in [-0.15, -0.1) is 11.3 Å². The van der Waals surface area contributed by atoms with Crippen LogP contribution in [0.5, 0.6) is 0 Å². The minimum Gasteiger partial charge on any atom is -0.331 e. The first-order valence-corrected chi connectivity index (χ1v) is 8.40. The molecule has 0 saturated carbocycles. The number of para-hydroxylation sites is 1. The van der Waals surface area contributed by atoms with Gasteiger partial charge in [0, 0.05) is 18.6 Å². The minimum absolute atomic E-state index is 0.149. The maximum atomic E-state index is 12.2. The van der Waals surface area contributed by atoms with Crippen LogP contribution in [-0.2, 0) is 13.1 Å². The van der Waals surface area contributed by atoms with Crippen LogP contribution in [-0.4, -0.2) is 23.0 Å². The van der Waals surface area contributed by atoms with Gasteiger partial charge in [-0.2, -0.15) is 0 Å². The molecule has 1 N–H and O–H groups in total. The van der Waals surface area contributed by atoms with Crippen molar-refractivity contribution in [3.8, 4) is 0 Å². The summed E-state index contributed by atoms with van der Waals surface area (Å²) in [7, 11) is 1.75. The first-order chi connectivity index (χ1) is 11.1. The van der Waals surface area contributed by atoms with Crippen LogP contribution < -0.4 is 5.32 Å². The third-order valence-electron chi connectivity index (χ3n) is 3.44. The Morgan fingerprint density at radius 3 is 2.74 bits per heavy atom. The molecule has 1 heterocycles. The van der Waals surface area contributed by atoms with Crippen molar-refractivity contribution < 1.29 is 4.79 Å². The lowest BCUT2D eigenvalue weighted by Gasteiger charge is -2.18. The van der Waals surface area contributed by atoms with Crippen LogP contribution in [0, 0.1) is 0 Å². The SMILES string of the molecule is CN(Cc1ccccc1Cl)C(=O)NCc1nc2ccccc2s1. The molecule has 2 amide bonds. The molecule has 0 spiro atoms. The zero-order valence-electron chi connectivity index (χ0n) is 12.6. The van der Waals surface area contributed by atoms with Crippen molar-refractivity contribution in [2.24, 2.45) is 0 Å². The number of halogens is 1. The second-order valence-electron chi connectivity index (χ2n) is 5.18. The Labute approximate surface area is 143 Å². The van der Waals surface area contributed by atoms with Crippen LogP contribution in [0.4, 0.5) is 4.79 Å². The van der Waals surface area contributed by atoms with Gasteiger partial charge < -0.3 is 10.2 Å². The monoisotopic (exact) mass is 345 g/mol. The number of hydrogen-bond donors (Lipinski definition) is 1. The van der Waals surface area contributed by atoms with E-state index < -0.39 is 0 Å². The molecule has 2 aromatic carbocycles. The molecule has 0 bridgehead atoms. The number of rotatable bonds is 4. The van der Waals surface area contributed by atoms with Gasteiger partial charge in [-0.05, 0) is 23.8 Å². The molecule has 0 aliphatic rings. The average molecular weight is 346 g/mol. The number of thiazole rings is 1. The van der Waals surface area contributed by atoms with E-state index in [1.54, 1.807) is 23.3 Å². The van der Waals surface area contributed by atoms with E-state index in [0.717, 1.165) is 20.8 Å². The van der Waals surface area contributed by atoms with Crippen LogP contribution in [0.3, 0.4) is 0 Å². The van der Waals surface area contributed by atoms with Gasteiger partial charge >= 0.3 is 6.03 Å². The fourth-order valence-electron chi connectivity index (χ4n) is 2.24. The van der Waals surface area contributed by atoms with Gasteiger partial charge in [0.1, 0.15) is 5.01 Å². The van der Waals surface area contributed by atoms with Gasteiger partial charge in [0.2, 0.25) is 0 Å². The Bertz CT molecular complexity index is 800. The molecule has 0 atom stereocenters. The number of nitrogens with zero attached hydrogens (tertiary/aromatic N) is 2. The summed E-state index contributed by atoms with van der Waals surface area (Å²) < 4.78 is 1.13. The number of amides is 2. The molecule has 1 aromatic heterocycles. The summed E-state index contributed by atoms with van der Waals surface area (Å²) in [5, 5.41) is 4.45. The number of benzene rings is 2. The zero-order chi connectivity index (χ0) is 16.2. The lowest BCUT2D eigenvalue weighted by atomic mass is 10.2. The van der Waals surface area contributed by atoms with Crippen molar-refractivity contribution in [2.75, 3.05) is 7.05 Å². The highest BCUT2D eigenvalue weighted by atomic mass is 35.5. The Balaban J connectivity index is 1.59. The van der Waals surface area contributed by atoms with Crippen LogP contribution in [0.25, 0.3) is 10.2 Å². The van der Waals surface area contributed by atoms with Crippen molar-refractivity contribution in [1.82, 2.24) is 15.2 Å². The number of hydrogen-bond acceptors (Lipinski definition) is 3. The quantitative estimate of drug-likeness (QED) is 0.766. The second kappa shape index (κ2) is 6.98. The number of carbonyl (C=O) groups excluding carboxylic acids is 1. The highest BCUT2D eigenvalue weighted by Crippen LogP contribution is 2.21. The number of fused-ring (bicyclic) bond motifs is 1. The summed E-state index contributed by atoms with van der Waals surface area (Å²) in [6, 6.07) is 15.3. The smallest absolute Gasteiger partial charge is 0.317 e. The maximum absolute atomic E-state index is 12.2. The Hall–Kier alpha value is -2.11.